The molecule has 3 N–H and O–H groups in total. The van der Waals surface area contributed by atoms with Gasteiger partial charge in [-0.2, -0.15) is 0 Å². The lowest BCUT2D eigenvalue weighted by molar-refractivity contribution is 0.0579. The van der Waals surface area contributed by atoms with Gasteiger partial charge < -0.3 is 15.8 Å². The van der Waals surface area contributed by atoms with E-state index in [0.29, 0.717) is 12.1 Å². The predicted octanol–water partition coefficient (Wildman–Crippen LogP) is 2.50. The Labute approximate surface area is 150 Å². The normalized spacial score (nSPS) is 15.5. The van der Waals surface area contributed by atoms with Crippen LogP contribution in [0.5, 0.6) is 0 Å². The van der Waals surface area contributed by atoms with Crippen molar-refractivity contribution in [3.8, 4) is 0 Å². The molecule has 1 saturated carbocycles. The number of halogens is 1. The molecule has 0 spiro atoms. The third-order valence-electron chi connectivity index (χ3n) is 3.65. The minimum atomic E-state index is 0. The van der Waals surface area contributed by atoms with Crippen molar-refractivity contribution in [2.75, 3.05) is 19.7 Å². The van der Waals surface area contributed by atoms with Crippen LogP contribution in [0.25, 0.3) is 0 Å². The Balaban J connectivity index is 0.00000242. The highest BCUT2D eigenvalue weighted by Gasteiger charge is 2.14. The molecule has 0 amide bonds. The van der Waals surface area contributed by atoms with Gasteiger partial charge in [0, 0.05) is 38.0 Å². The molecule has 0 atom stereocenters. The Kier molecular flexibility index (Phi) is 10.1. The summed E-state index contributed by atoms with van der Waals surface area (Å²) in [7, 11) is 0. The molecule has 0 unspecified atom stereocenters. The molecule has 2 rings (SSSR count). The Morgan fingerprint density at radius 1 is 1.36 bits per heavy atom. The molecule has 124 valence electrons. The van der Waals surface area contributed by atoms with E-state index >= 15 is 0 Å². The van der Waals surface area contributed by atoms with E-state index in [-0.39, 0.29) is 24.0 Å². The van der Waals surface area contributed by atoms with Crippen LogP contribution < -0.4 is 11.1 Å². The number of hydrogen-bond acceptors (Lipinski definition) is 3. The third-order valence-corrected chi connectivity index (χ3v) is 3.65. The molecule has 0 bridgehead atoms. The molecule has 0 aliphatic heterocycles. The summed E-state index contributed by atoms with van der Waals surface area (Å²) >= 11 is 0. The van der Waals surface area contributed by atoms with Crippen LogP contribution in [0.4, 0.5) is 0 Å². The summed E-state index contributed by atoms with van der Waals surface area (Å²) < 4.78 is 5.78. The maximum atomic E-state index is 5.82. The number of aromatic nitrogens is 1. The van der Waals surface area contributed by atoms with Gasteiger partial charge in [-0.1, -0.05) is 18.9 Å². The molecule has 1 aliphatic carbocycles. The zero-order valence-corrected chi connectivity index (χ0v) is 15.4. The van der Waals surface area contributed by atoms with E-state index in [1.165, 1.54) is 25.7 Å². The fourth-order valence-electron chi connectivity index (χ4n) is 2.49. The minimum Gasteiger partial charge on any atom is -0.378 e. The molecule has 22 heavy (non-hydrogen) atoms. The SMILES string of the molecule is I.NC(=NCCCOC1CCCC1)NCCc1ccccn1. The number of nitrogens with zero attached hydrogens (tertiary/aromatic N) is 2. The summed E-state index contributed by atoms with van der Waals surface area (Å²) in [6.07, 6.45) is 9.15. The first kappa shape index (κ1) is 19.2. The molecule has 0 saturated heterocycles. The van der Waals surface area contributed by atoms with Crippen molar-refractivity contribution in [2.45, 2.75) is 44.6 Å². The zero-order chi connectivity index (χ0) is 14.8. The Hall–Kier alpha value is -0.890. The summed E-state index contributed by atoms with van der Waals surface area (Å²) in [6.45, 7) is 2.26. The van der Waals surface area contributed by atoms with Crippen LogP contribution in [0.2, 0.25) is 0 Å². The number of aliphatic imine (C=N–C) groups is 1. The number of rotatable bonds is 8. The summed E-state index contributed by atoms with van der Waals surface area (Å²) in [5.74, 6) is 0.506. The van der Waals surface area contributed by atoms with Crippen molar-refractivity contribution < 1.29 is 4.74 Å². The van der Waals surface area contributed by atoms with Gasteiger partial charge in [-0.3, -0.25) is 9.98 Å². The number of nitrogens with one attached hydrogen (secondary N) is 1. The average Bonchev–Trinajstić information content (AvgIpc) is 3.01. The van der Waals surface area contributed by atoms with E-state index in [1.807, 2.05) is 18.2 Å². The van der Waals surface area contributed by atoms with Crippen LogP contribution >= 0.6 is 24.0 Å². The largest absolute Gasteiger partial charge is 0.378 e. The van der Waals surface area contributed by atoms with Gasteiger partial charge in [0.2, 0.25) is 0 Å². The van der Waals surface area contributed by atoms with Crippen LogP contribution in [-0.2, 0) is 11.2 Å². The van der Waals surface area contributed by atoms with Gasteiger partial charge in [-0.25, -0.2) is 0 Å². The first-order valence-corrected chi connectivity index (χ1v) is 7.90. The van der Waals surface area contributed by atoms with Gasteiger partial charge in [-0.15, -0.1) is 24.0 Å². The molecular formula is C16H27IN4O. The van der Waals surface area contributed by atoms with E-state index in [2.05, 4.69) is 15.3 Å². The quantitative estimate of drug-likeness (QED) is 0.295. The predicted molar refractivity (Wildman–Crippen MR) is 101 cm³/mol. The molecule has 5 nitrogen and oxygen atoms in total. The van der Waals surface area contributed by atoms with Crippen molar-refractivity contribution >= 4 is 29.9 Å². The second-order valence-corrected chi connectivity index (χ2v) is 5.40. The van der Waals surface area contributed by atoms with Crippen molar-refractivity contribution in [3.05, 3.63) is 30.1 Å². The molecule has 1 aromatic heterocycles. The number of hydrogen-bond donors (Lipinski definition) is 2. The zero-order valence-electron chi connectivity index (χ0n) is 13.0. The van der Waals surface area contributed by atoms with Gasteiger partial charge in [0.15, 0.2) is 5.96 Å². The number of pyridine rings is 1. The van der Waals surface area contributed by atoms with E-state index in [4.69, 9.17) is 10.5 Å². The summed E-state index contributed by atoms with van der Waals surface area (Å²) in [5.41, 5.74) is 6.88. The topological polar surface area (TPSA) is 72.5 Å². The van der Waals surface area contributed by atoms with Crippen molar-refractivity contribution in [1.82, 2.24) is 10.3 Å². The minimum absolute atomic E-state index is 0. The highest BCUT2D eigenvalue weighted by molar-refractivity contribution is 14.0. The van der Waals surface area contributed by atoms with Crippen LogP contribution in [0.15, 0.2) is 29.4 Å². The molecular weight excluding hydrogens is 391 g/mol. The number of ether oxygens (including phenoxy) is 1. The van der Waals surface area contributed by atoms with Gasteiger partial charge in [0.25, 0.3) is 0 Å². The van der Waals surface area contributed by atoms with Crippen LogP contribution in [-0.4, -0.2) is 36.7 Å². The van der Waals surface area contributed by atoms with Crippen molar-refractivity contribution in [1.29, 1.82) is 0 Å². The van der Waals surface area contributed by atoms with Gasteiger partial charge in [0.1, 0.15) is 0 Å². The van der Waals surface area contributed by atoms with Crippen LogP contribution in [0.1, 0.15) is 37.8 Å². The summed E-state index contributed by atoms with van der Waals surface area (Å²) in [4.78, 5) is 8.56. The Morgan fingerprint density at radius 2 is 2.18 bits per heavy atom. The van der Waals surface area contributed by atoms with E-state index < -0.39 is 0 Å². The first-order chi connectivity index (χ1) is 10.3. The fraction of sp³-hybridized carbons (Fsp3) is 0.625. The molecule has 6 heteroatoms. The van der Waals surface area contributed by atoms with E-state index in [1.54, 1.807) is 6.20 Å². The number of guanidine groups is 1. The molecule has 0 aromatic carbocycles. The molecule has 0 radical (unpaired) electrons. The molecule has 1 aromatic rings. The van der Waals surface area contributed by atoms with Gasteiger partial charge in [0.05, 0.1) is 6.10 Å². The fourth-order valence-corrected chi connectivity index (χ4v) is 2.49. The monoisotopic (exact) mass is 418 g/mol. The summed E-state index contributed by atoms with van der Waals surface area (Å²) in [5, 5.41) is 3.11. The average molecular weight is 418 g/mol. The van der Waals surface area contributed by atoms with Crippen LogP contribution in [0, 0.1) is 0 Å². The highest BCUT2D eigenvalue weighted by atomic mass is 127. The Morgan fingerprint density at radius 3 is 2.91 bits per heavy atom. The summed E-state index contributed by atoms with van der Waals surface area (Å²) in [6, 6.07) is 5.92. The second-order valence-electron chi connectivity index (χ2n) is 5.40. The lowest BCUT2D eigenvalue weighted by Crippen LogP contribution is -2.33. The highest BCUT2D eigenvalue weighted by Crippen LogP contribution is 2.20. The number of nitrogens with two attached hydrogens (primary N) is 1. The molecule has 1 aliphatic rings. The van der Waals surface area contributed by atoms with Crippen LogP contribution in [0.3, 0.4) is 0 Å². The maximum Gasteiger partial charge on any atom is 0.188 e. The van der Waals surface area contributed by atoms with E-state index in [9.17, 15) is 0 Å². The second kappa shape index (κ2) is 11.6. The van der Waals surface area contributed by atoms with Crippen molar-refractivity contribution in [2.24, 2.45) is 10.7 Å². The lowest BCUT2D eigenvalue weighted by Gasteiger charge is -2.10. The standard InChI is InChI=1S/C16H26N4O.HI/c17-16(20-12-9-14-6-3-4-10-18-14)19-11-5-13-21-15-7-1-2-8-15;/h3-4,6,10,15H,1-2,5,7-9,11-13H2,(H3,17,19,20);1H. The van der Waals surface area contributed by atoms with Gasteiger partial charge in [-0.05, 0) is 31.4 Å². The molecule has 1 heterocycles. The smallest absolute Gasteiger partial charge is 0.188 e. The lowest BCUT2D eigenvalue weighted by atomic mass is 10.3. The molecule has 1 fully saturated rings. The maximum absolute atomic E-state index is 5.82. The third kappa shape index (κ3) is 7.93. The van der Waals surface area contributed by atoms with Gasteiger partial charge >= 0.3 is 0 Å². The first-order valence-electron chi connectivity index (χ1n) is 7.90. The van der Waals surface area contributed by atoms with Crippen molar-refractivity contribution in [3.63, 3.8) is 0 Å². The Bertz CT molecular complexity index is 421. The van der Waals surface area contributed by atoms with E-state index in [0.717, 1.165) is 38.2 Å².